The van der Waals surface area contributed by atoms with Crippen molar-refractivity contribution in [1.29, 1.82) is 0 Å². The number of fused-ring (bicyclic) bond motifs is 1. The number of pyridine rings is 1. The Labute approximate surface area is 215 Å². The van der Waals surface area contributed by atoms with Crippen LogP contribution in [0.3, 0.4) is 0 Å². The highest BCUT2D eigenvalue weighted by atomic mass is 16.5. The number of aromatic nitrogens is 4. The molecule has 0 spiro atoms. The quantitative estimate of drug-likeness (QED) is 0.262. The van der Waals surface area contributed by atoms with Gasteiger partial charge in [0.05, 0.1) is 19.0 Å². The van der Waals surface area contributed by atoms with E-state index < -0.39 is 0 Å². The highest BCUT2D eigenvalue weighted by Gasteiger charge is 2.21. The maximum atomic E-state index is 5.41. The molecular weight excluding hydrogens is 458 g/mol. The molecule has 0 aliphatic rings. The second-order valence-electron chi connectivity index (χ2n) is 8.87. The summed E-state index contributed by atoms with van der Waals surface area (Å²) in [5.74, 6) is 0.860. The van der Waals surface area contributed by atoms with Crippen molar-refractivity contribution in [2.45, 2.75) is 13.1 Å². The number of para-hydroxylation sites is 1. The zero-order valence-electron chi connectivity index (χ0n) is 20.6. The third-order valence-electron chi connectivity index (χ3n) is 6.54. The highest BCUT2D eigenvalue weighted by molar-refractivity contribution is 5.98. The van der Waals surface area contributed by atoms with E-state index in [9.17, 15) is 0 Å². The first kappa shape index (κ1) is 22.8. The molecule has 0 saturated heterocycles. The van der Waals surface area contributed by atoms with Crippen LogP contribution in [0.1, 0.15) is 11.3 Å². The first-order chi connectivity index (χ1) is 18.3. The minimum Gasteiger partial charge on any atom is -0.497 e. The van der Waals surface area contributed by atoms with Gasteiger partial charge in [0.25, 0.3) is 0 Å². The third kappa shape index (κ3) is 4.50. The predicted molar refractivity (Wildman–Crippen MR) is 148 cm³/mol. The van der Waals surface area contributed by atoms with Gasteiger partial charge in [-0.15, -0.1) is 0 Å². The van der Waals surface area contributed by atoms with Gasteiger partial charge in [-0.2, -0.15) is 5.10 Å². The van der Waals surface area contributed by atoms with Gasteiger partial charge in [-0.1, -0.05) is 60.7 Å². The largest absolute Gasteiger partial charge is 0.497 e. The van der Waals surface area contributed by atoms with E-state index >= 15 is 0 Å². The van der Waals surface area contributed by atoms with E-state index in [1.807, 2.05) is 24.4 Å². The topological polar surface area (TPSA) is 67.8 Å². The van der Waals surface area contributed by atoms with Crippen molar-refractivity contribution in [1.82, 2.24) is 25.1 Å². The van der Waals surface area contributed by atoms with Gasteiger partial charge in [-0.25, -0.2) is 4.98 Å². The number of nitrogens with one attached hydrogen (secondary N) is 2. The van der Waals surface area contributed by atoms with Crippen molar-refractivity contribution in [2.24, 2.45) is 0 Å². The summed E-state index contributed by atoms with van der Waals surface area (Å²) >= 11 is 0. The minimum atomic E-state index is 0.660. The molecule has 6 nitrogen and oxygen atoms in total. The number of H-pyrrole nitrogens is 1. The Morgan fingerprint density at radius 1 is 0.838 bits per heavy atom. The summed E-state index contributed by atoms with van der Waals surface area (Å²) in [4.78, 5) is 5.15. The predicted octanol–water partition coefficient (Wildman–Crippen LogP) is 6.38. The van der Waals surface area contributed by atoms with Crippen molar-refractivity contribution < 1.29 is 4.74 Å². The number of aromatic amines is 1. The molecule has 6 aromatic rings. The molecule has 2 N–H and O–H groups in total. The molecule has 0 radical (unpaired) electrons. The number of hydrogen-bond donors (Lipinski definition) is 2. The molecule has 0 bridgehead atoms. The molecule has 6 rings (SSSR count). The summed E-state index contributed by atoms with van der Waals surface area (Å²) in [7, 11) is 1.70. The van der Waals surface area contributed by atoms with Crippen molar-refractivity contribution in [3.8, 4) is 33.8 Å². The summed E-state index contributed by atoms with van der Waals surface area (Å²) in [6, 6.07) is 33.4. The Hall–Kier alpha value is -4.68. The van der Waals surface area contributed by atoms with Crippen LogP contribution in [0, 0.1) is 0 Å². The van der Waals surface area contributed by atoms with Gasteiger partial charge in [0, 0.05) is 47.2 Å². The second-order valence-corrected chi connectivity index (χ2v) is 8.87. The zero-order valence-corrected chi connectivity index (χ0v) is 20.6. The van der Waals surface area contributed by atoms with Gasteiger partial charge in [-0.3, -0.25) is 9.67 Å². The highest BCUT2D eigenvalue weighted by Crippen LogP contribution is 2.37. The van der Waals surface area contributed by atoms with E-state index in [2.05, 4.69) is 98.9 Å². The van der Waals surface area contributed by atoms with E-state index in [-0.39, 0.29) is 0 Å². The van der Waals surface area contributed by atoms with Crippen LogP contribution in [-0.2, 0) is 13.1 Å². The average molecular weight is 486 g/mol. The third-order valence-corrected chi connectivity index (χ3v) is 6.54. The molecule has 0 fully saturated rings. The van der Waals surface area contributed by atoms with Crippen LogP contribution in [-0.4, -0.2) is 26.9 Å². The van der Waals surface area contributed by atoms with Crippen LogP contribution in [0.5, 0.6) is 5.75 Å². The molecule has 182 valence electrons. The van der Waals surface area contributed by atoms with Crippen molar-refractivity contribution in [3.05, 3.63) is 121 Å². The standard InChI is InChI=1S/C31H27N5O/c1-37-26-14-8-9-22(17-26)18-32-21-29-30(23-10-4-2-5-11-23)27-15-16-28(24-19-33-34-20-24)35-31(27)36(29)25-12-6-3-7-13-25/h2-17,19-20,32H,18,21H2,1H3,(H,33,34). The first-order valence-corrected chi connectivity index (χ1v) is 12.3. The fraction of sp³-hybridized carbons (Fsp3) is 0.0968. The van der Waals surface area contributed by atoms with Crippen molar-refractivity contribution in [2.75, 3.05) is 7.11 Å². The molecule has 0 amide bonds. The number of hydrogen-bond acceptors (Lipinski definition) is 4. The molecule has 0 saturated carbocycles. The summed E-state index contributed by atoms with van der Waals surface area (Å²) in [6.45, 7) is 1.38. The van der Waals surface area contributed by atoms with E-state index in [0.717, 1.165) is 46.0 Å². The zero-order chi connectivity index (χ0) is 25.0. The van der Waals surface area contributed by atoms with Gasteiger partial charge in [0.2, 0.25) is 0 Å². The van der Waals surface area contributed by atoms with Crippen LogP contribution in [0.2, 0.25) is 0 Å². The molecule has 6 heteroatoms. The second kappa shape index (κ2) is 10.1. The minimum absolute atomic E-state index is 0.660. The van der Waals surface area contributed by atoms with Crippen LogP contribution in [0.15, 0.2) is 109 Å². The van der Waals surface area contributed by atoms with Crippen LogP contribution in [0.4, 0.5) is 0 Å². The van der Waals surface area contributed by atoms with Crippen LogP contribution in [0.25, 0.3) is 39.1 Å². The number of methoxy groups -OCH3 is 1. The van der Waals surface area contributed by atoms with Crippen molar-refractivity contribution >= 4 is 11.0 Å². The molecule has 3 aromatic carbocycles. The first-order valence-electron chi connectivity index (χ1n) is 12.3. The fourth-order valence-electron chi connectivity index (χ4n) is 4.82. The SMILES string of the molecule is COc1cccc(CNCc2c(-c3ccccc3)c3ccc(-c4cn[nH]c4)nc3n2-c2ccccc2)c1. The Kier molecular flexibility index (Phi) is 6.23. The maximum absolute atomic E-state index is 5.41. The van der Waals surface area contributed by atoms with E-state index in [0.29, 0.717) is 6.54 Å². The Balaban J connectivity index is 1.51. The van der Waals surface area contributed by atoms with E-state index in [1.165, 1.54) is 16.7 Å². The molecule has 3 heterocycles. The van der Waals surface area contributed by atoms with Gasteiger partial charge in [0.15, 0.2) is 0 Å². The summed E-state index contributed by atoms with van der Waals surface area (Å²) in [5, 5.41) is 11.8. The lowest BCUT2D eigenvalue weighted by Gasteiger charge is -2.14. The lowest BCUT2D eigenvalue weighted by Crippen LogP contribution is -2.16. The molecule has 0 atom stereocenters. The fourth-order valence-corrected chi connectivity index (χ4v) is 4.82. The maximum Gasteiger partial charge on any atom is 0.146 e. The summed E-state index contributed by atoms with van der Waals surface area (Å²) in [5.41, 5.74) is 8.51. The molecular formula is C31H27N5O. The van der Waals surface area contributed by atoms with Gasteiger partial charge in [-0.05, 0) is 47.5 Å². The summed E-state index contributed by atoms with van der Waals surface area (Å²) < 4.78 is 7.69. The number of ether oxygens (including phenoxy) is 1. The monoisotopic (exact) mass is 485 g/mol. The molecule has 0 aliphatic heterocycles. The van der Waals surface area contributed by atoms with Gasteiger partial charge in [0.1, 0.15) is 11.4 Å². The lowest BCUT2D eigenvalue weighted by molar-refractivity contribution is 0.414. The van der Waals surface area contributed by atoms with Crippen molar-refractivity contribution in [3.63, 3.8) is 0 Å². The summed E-state index contributed by atoms with van der Waals surface area (Å²) in [6.07, 6.45) is 3.68. The van der Waals surface area contributed by atoms with Gasteiger partial charge < -0.3 is 10.1 Å². The lowest BCUT2D eigenvalue weighted by atomic mass is 10.0. The molecule has 3 aromatic heterocycles. The van der Waals surface area contributed by atoms with Crippen LogP contribution < -0.4 is 10.1 Å². The average Bonchev–Trinajstić information content (AvgIpc) is 3.60. The Morgan fingerprint density at radius 3 is 2.41 bits per heavy atom. The normalized spacial score (nSPS) is 11.2. The number of rotatable bonds is 8. The van der Waals surface area contributed by atoms with Crippen LogP contribution >= 0.6 is 0 Å². The number of benzene rings is 3. The molecule has 37 heavy (non-hydrogen) atoms. The molecule has 0 aliphatic carbocycles. The Bertz CT molecular complexity index is 1620. The van der Waals surface area contributed by atoms with E-state index in [1.54, 1.807) is 13.3 Å². The van der Waals surface area contributed by atoms with Gasteiger partial charge >= 0.3 is 0 Å². The smallest absolute Gasteiger partial charge is 0.146 e. The van der Waals surface area contributed by atoms with E-state index in [4.69, 9.17) is 9.72 Å². The Morgan fingerprint density at radius 2 is 1.65 bits per heavy atom. The number of nitrogens with zero attached hydrogens (tertiary/aromatic N) is 3. The molecule has 0 unspecified atom stereocenters.